The number of benzene rings is 3. The van der Waals surface area contributed by atoms with Crippen molar-refractivity contribution in [2.75, 3.05) is 26.4 Å². The lowest BCUT2D eigenvalue weighted by Crippen LogP contribution is -2.06. The Morgan fingerprint density at radius 1 is 0.320 bits per heavy atom. The monoisotopic (exact) mass is 691 g/mol. The molecule has 0 amide bonds. The second kappa shape index (κ2) is 27.1. The van der Waals surface area contributed by atoms with E-state index in [4.69, 9.17) is 18.9 Å². The lowest BCUT2D eigenvalue weighted by atomic mass is 9.99. The van der Waals surface area contributed by atoms with E-state index in [1.54, 1.807) is 0 Å². The van der Waals surface area contributed by atoms with Crippen LogP contribution >= 0.6 is 0 Å². The van der Waals surface area contributed by atoms with E-state index in [-0.39, 0.29) is 0 Å². The predicted octanol–water partition coefficient (Wildman–Crippen LogP) is 15.0. The second-order valence-electron chi connectivity index (χ2n) is 14.5. The number of hydrogen-bond donors (Lipinski definition) is 0. The van der Waals surface area contributed by atoms with Gasteiger partial charge in [-0.1, -0.05) is 180 Å². The van der Waals surface area contributed by atoms with Gasteiger partial charge in [-0.25, -0.2) is 0 Å². The van der Waals surface area contributed by atoms with Gasteiger partial charge >= 0.3 is 0 Å². The van der Waals surface area contributed by atoms with Crippen LogP contribution in [0.1, 0.15) is 182 Å². The molecule has 0 aromatic heterocycles. The maximum absolute atomic E-state index is 6.83. The molecule has 0 unspecified atom stereocenters. The van der Waals surface area contributed by atoms with E-state index in [2.05, 4.69) is 64.1 Å². The summed E-state index contributed by atoms with van der Waals surface area (Å²) in [5.74, 6) is 3.52. The van der Waals surface area contributed by atoms with Gasteiger partial charge in [0.05, 0.1) is 31.8 Å². The molecule has 0 atom stereocenters. The largest absolute Gasteiger partial charge is 0.492 e. The Hall–Kier alpha value is -2.62. The number of ether oxygens (including phenoxy) is 4. The molecule has 0 N–H and O–H groups in total. The molecule has 0 saturated carbocycles. The molecule has 0 radical (unpaired) electrons. The first-order chi connectivity index (χ1) is 24.8. The summed E-state index contributed by atoms with van der Waals surface area (Å²) in [6, 6.07) is 13.0. The molecule has 0 aliphatic rings. The zero-order valence-corrected chi connectivity index (χ0v) is 32.9. The van der Waals surface area contributed by atoms with Crippen molar-refractivity contribution in [1.29, 1.82) is 0 Å². The van der Waals surface area contributed by atoms with Crippen LogP contribution in [-0.4, -0.2) is 26.4 Å². The average Bonchev–Trinajstić information content (AvgIpc) is 3.14. The van der Waals surface area contributed by atoms with Crippen molar-refractivity contribution in [3.05, 3.63) is 36.4 Å². The van der Waals surface area contributed by atoms with Crippen LogP contribution in [0.15, 0.2) is 36.4 Å². The maximum Gasteiger partial charge on any atom is 0.172 e. The molecular formula is C46H74O4. The van der Waals surface area contributed by atoms with E-state index in [9.17, 15) is 0 Å². The molecule has 0 saturated heterocycles. The second-order valence-corrected chi connectivity index (χ2v) is 14.5. The summed E-state index contributed by atoms with van der Waals surface area (Å²) in [5, 5.41) is 4.30. The standard InChI is InChI=1S/C46H74O4/c1-5-9-13-17-21-27-35-47-42-34-33-41-43(46(42)50-38-30-24-20-16-12-8-4)45(49-37-29-23-19-15-11-7-3)40-32-26-25-31-39(40)44(41)48-36-28-22-18-14-10-6-2/h25-26,31-34H,5-24,27-30,35-38H2,1-4H3. The van der Waals surface area contributed by atoms with Gasteiger partial charge in [0.25, 0.3) is 0 Å². The quantitative estimate of drug-likeness (QED) is 0.0483. The molecule has 50 heavy (non-hydrogen) atoms. The van der Waals surface area contributed by atoms with Gasteiger partial charge in [-0.15, -0.1) is 0 Å². The van der Waals surface area contributed by atoms with E-state index in [0.717, 1.165) is 70.2 Å². The van der Waals surface area contributed by atoms with Crippen molar-refractivity contribution < 1.29 is 18.9 Å². The SMILES string of the molecule is CCCCCCCCOc1ccc2c(OCCCCCCCC)c3ccccc3c(OCCCCCCCC)c2c1OCCCCCCCC. The van der Waals surface area contributed by atoms with Crippen molar-refractivity contribution >= 4 is 21.5 Å². The van der Waals surface area contributed by atoms with Gasteiger partial charge in [-0.3, -0.25) is 0 Å². The predicted molar refractivity (Wildman–Crippen MR) is 217 cm³/mol. The number of hydrogen-bond acceptors (Lipinski definition) is 4. The van der Waals surface area contributed by atoms with Crippen LogP contribution in [0, 0.1) is 0 Å². The first-order valence-electron chi connectivity index (χ1n) is 21.3. The van der Waals surface area contributed by atoms with Gasteiger partial charge in [-0.05, 0) is 37.8 Å². The molecule has 3 aromatic carbocycles. The molecule has 0 bridgehead atoms. The van der Waals surface area contributed by atoms with Crippen LogP contribution in [-0.2, 0) is 0 Å². The van der Waals surface area contributed by atoms with Gasteiger partial charge in [0.1, 0.15) is 11.5 Å². The summed E-state index contributed by atoms with van der Waals surface area (Å²) in [6.07, 6.45) is 29.7. The first kappa shape index (κ1) is 41.8. The Balaban J connectivity index is 1.96. The number of fused-ring (bicyclic) bond motifs is 2. The highest BCUT2D eigenvalue weighted by Crippen LogP contribution is 2.50. The van der Waals surface area contributed by atoms with Crippen LogP contribution in [0.3, 0.4) is 0 Å². The Labute approximate surface area is 307 Å². The highest BCUT2D eigenvalue weighted by molar-refractivity contribution is 6.13. The smallest absolute Gasteiger partial charge is 0.172 e. The summed E-state index contributed by atoms with van der Waals surface area (Å²) in [5.41, 5.74) is 0. The van der Waals surface area contributed by atoms with E-state index in [1.807, 2.05) is 0 Å². The number of unbranched alkanes of at least 4 members (excludes halogenated alkanes) is 20. The first-order valence-corrected chi connectivity index (χ1v) is 21.3. The molecule has 3 aromatic rings. The van der Waals surface area contributed by atoms with Crippen molar-refractivity contribution in [3.8, 4) is 23.0 Å². The topological polar surface area (TPSA) is 36.9 Å². The molecule has 4 nitrogen and oxygen atoms in total. The summed E-state index contributed by atoms with van der Waals surface area (Å²) in [7, 11) is 0. The lowest BCUT2D eigenvalue weighted by molar-refractivity contribution is 0.259. The van der Waals surface area contributed by atoms with Crippen LogP contribution in [0.5, 0.6) is 23.0 Å². The van der Waals surface area contributed by atoms with Gasteiger partial charge in [-0.2, -0.15) is 0 Å². The van der Waals surface area contributed by atoms with Gasteiger partial charge in [0, 0.05) is 16.2 Å². The van der Waals surface area contributed by atoms with E-state index < -0.39 is 0 Å². The molecular weight excluding hydrogens is 617 g/mol. The third-order valence-electron chi connectivity index (χ3n) is 10.00. The highest BCUT2D eigenvalue weighted by atomic mass is 16.5. The van der Waals surface area contributed by atoms with Crippen molar-refractivity contribution in [2.24, 2.45) is 0 Å². The van der Waals surface area contributed by atoms with E-state index in [0.29, 0.717) is 26.4 Å². The zero-order valence-electron chi connectivity index (χ0n) is 32.9. The summed E-state index contributed by atoms with van der Waals surface area (Å²) in [6.45, 7) is 11.9. The molecule has 0 spiro atoms. The lowest BCUT2D eigenvalue weighted by Gasteiger charge is -2.22. The normalized spacial score (nSPS) is 11.4. The third-order valence-corrected chi connectivity index (χ3v) is 10.00. The Morgan fingerprint density at radius 3 is 1.14 bits per heavy atom. The van der Waals surface area contributed by atoms with Crippen LogP contribution < -0.4 is 18.9 Å². The zero-order chi connectivity index (χ0) is 35.5. The minimum atomic E-state index is 0.677. The van der Waals surface area contributed by atoms with Gasteiger partial charge in [0.15, 0.2) is 11.5 Å². The third kappa shape index (κ3) is 14.9. The fourth-order valence-corrected chi connectivity index (χ4v) is 6.93. The maximum atomic E-state index is 6.83. The fraction of sp³-hybridized carbons (Fsp3) is 0.696. The van der Waals surface area contributed by atoms with Gasteiger partial charge in [0.2, 0.25) is 0 Å². The van der Waals surface area contributed by atoms with Crippen molar-refractivity contribution in [3.63, 3.8) is 0 Å². The van der Waals surface area contributed by atoms with Crippen LogP contribution in [0.2, 0.25) is 0 Å². The Morgan fingerprint density at radius 2 is 0.680 bits per heavy atom. The summed E-state index contributed by atoms with van der Waals surface area (Å²) in [4.78, 5) is 0. The summed E-state index contributed by atoms with van der Waals surface area (Å²) < 4.78 is 27.0. The minimum absolute atomic E-state index is 0.677. The minimum Gasteiger partial charge on any atom is -0.492 e. The Kier molecular flexibility index (Phi) is 22.6. The van der Waals surface area contributed by atoms with E-state index >= 15 is 0 Å². The molecule has 0 aliphatic heterocycles. The Bertz CT molecular complexity index is 1280. The summed E-state index contributed by atoms with van der Waals surface area (Å²) >= 11 is 0. The average molecular weight is 691 g/mol. The molecule has 0 aliphatic carbocycles. The fourth-order valence-electron chi connectivity index (χ4n) is 6.93. The molecule has 0 heterocycles. The molecule has 0 fully saturated rings. The molecule has 3 rings (SSSR count). The van der Waals surface area contributed by atoms with Crippen LogP contribution in [0.25, 0.3) is 21.5 Å². The van der Waals surface area contributed by atoms with Gasteiger partial charge < -0.3 is 18.9 Å². The number of rotatable bonds is 32. The molecule has 4 heteroatoms. The van der Waals surface area contributed by atoms with Crippen molar-refractivity contribution in [1.82, 2.24) is 0 Å². The molecule has 282 valence electrons. The van der Waals surface area contributed by atoms with Crippen molar-refractivity contribution in [2.45, 2.75) is 182 Å². The van der Waals surface area contributed by atoms with E-state index in [1.165, 1.54) is 128 Å². The highest BCUT2D eigenvalue weighted by Gasteiger charge is 2.23. The van der Waals surface area contributed by atoms with Crippen LogP contribution in [0.4, 0.5) is 0 Å².